The van der Waals surface area contributed by atoms with Crippen LogP contribution < -0.4 is 43.4 Å². The molecule has 0 radical (unpaired) electrons. The molecule has 0 spiro atoms. The number of benzene rings is 2. The van der Waals surface area contributed by atoms with Crippen LogP contribution >= 0.6 is 11.8 Å². The van der Waals surface area contributed by atoms with E-state index >= 15 is 0 Å². The van der Waals surface area contributed by atoms with Crippen molar-refractivity contribution in [3.05, 3.63) is 71.8 Å². The van der Waals surface area contributed by atoms with Crippen molar-refractivity contribution in [2.24, 2.45) is 17.4 Å². The number of carbonyl (C=O) groups excluding carboxylic acids is 7. The minimum Gasteiger partial charge on any atom is -0.481 e. The lowest BCUT2D eigenvalue weighted by Crippen LogP contribution is -2.59. The number of nitrogens with one attached hydrogen (secondary N) is 6. The van der Waals surface area contributed by atoms with E-state index in [2.05, 4.69) is 31.9 Å². The summed E-state index contributed by atoms with van der Waals surface area (Å²) in [6, 6.07) is 9.85. The second kappa shape index (κ2) is 25.7. The minimum absolute atomic E-state index is 0.00206. The van der Waals surface area contributed by atoms with Crippen LogP contribution in [0, 0.1) is 5.92 Å². The number of carbonyl (C=O) groups is 8. The maximum Gasteiger partial charge on any atom is 0.305 e. The predicted molar refractivity (Wildman–Crippen MR) is 217 cm³/mol. The Balaban J connectivity index is 2.22. The molecule has 0 aliphatic carbocycles. The first-order valence-corrected chi connectivity index (χ1v) is 20.2. The predicted octanol–water partition coefficient (Wildman–Crippen LogP) is -1.52. The fourth-order valence-electron chi connectivity index (χ4n) is 5.60. The summed E-state index contributed by atoms with van der Waals surface area (Å²) in [6.45, 7) is 2.66. The third-order valence-corrected chi connectivity index (χ3v) is 9.30. The Bertz CT molecular complexity index is 1680. The number of aliphatic hydroxyl groups excluding tert-OH is 1. The molecule has 2 aromatic carbocycles. The summed E-state index contributed by atoms with van der Waals surface area (Å²) in [5, 5.41) is 34.2. The molecular formula is C39H56N8O10S. The van der Waals surface area contributed by atoms with Crippen LogP contribution in [0.25, 0.3) is 0 Å². The summed E-state index contributed by atoms with van der Waals surface area (Å²) in [7, 11) is 0. The molecule has 2 aromatic rings. The molecule has 0 fully saturated rings. The van der Waals surface area contributed by atoms with Gasteiger partial charge in [-0.05, 0) is 41.9 Å². The molecule has 12 N–H and O–H groups in total. The van der Waals surface area contributed by atoms with E-state index in [-0.39, 0.29) is 38.1 Å². The van der Waals surface area contributed by atoms with Crippen LogP contribution in [0.3, 0.4) is 0 Å². The summed E-state index contributed by atoms with van der Waals surface area (Å²) in [5.74, 6) is -5.99. The van der Waals surface area contributed by atoms with E-state index in [1.165, 1.54) is 11.8 Å². The summed E-state index contributed by atoms with van der Waals surface area (Å²) in [5.41, 5.74) is 12.4. The molecule has 318 valence electrons. The van der Waals surface area contributed by atoms with Gasteiger partial charge in [-0.15, -0.1) is 0 Å². The summed E-state index contributed by atoms with van der Waals surface area (Å²) >= 11 is 1.49. The van der Waals surface area contributed by atoms with Gasteiger partial charge in [-0.25, -0.2) is 0 Å². The topological polar surface area (TPSA) is 301 Å². The van der Waals surface area contributed by atoms with Crippen LogP contribution in [0.2, 0.25) is 0 Å². The monoisotopic (exact) mass is 828 g/mol. The summed E-state index contributed by atoms with van der Waals surface area (Å²) in [4.78, 5) is 102. The number of nitrogens with two attached hydrogens (primary N) is 2. The van der Waals surface area contributed by atoms with Gasteiger partial charge in [-0.1, -0.05) is 74.5 Å². The highest BCUT2D eigenvalue weighted by atomic mass is 32.2. The highest BCUT2D eigenvalue weighted by Gasteiger charge is 2.31. The molecule has 6 unspecified atom stereocenters. The van der Waals surface area contributed by atoms with Crippen molar-refractivity contribution in [3.63, 3.8) is 0 Å². The van der Waals surface area contributed by atoms with Crippen LogP contribution in [0.1, 0.15) is 50.7 Å². The fourth-order valence-corrected chi connectivity index (χ4v) is 6.07. The number of carboxylic acids is 1. The molecule has 2 rings (SSSR count). The molecular weight excluding hydrogens is 773 g/mol. The SMILES string of the molecule is CSCCC(NC(=O)C(CC(C)C)NC(=O)CCNC(=O)C(Cc1ccccc1)NC(=O)C(Cc1ccccc1)NC(=O)C(CO)NC(=O)C(N)CC(=O)O)C(N)=O. The molecule has 18 nitrogen and oxygen atoms in total. The molecule has 0 aliphatic rings. The van der Waals surface area contributed by atoms with Crippen molar-refractivity contribution < 1.29 is 48.6 Å². The number of rotatable bonds is 26. The van der Waals surface area contributed by atoms with Gasteiger partial charge in [-0.2, -0.15) is 11.8 Å². The van der Waals surface area contributed by atoms with Crippen LogP contribution in [0.4, 0.5) is 0 Å². The second-order valence-electron chi connectivity index (χ2n) is 14.0. The van der Waals surface area contributed by atoms with Crippen LogP contribution in [-0.2, 0) is 51.2 Å². The Morgan fingerprint density at radius 2 is 1.16 bits per heavy atom. The van der Waals surface area contributed by atoms with Crippen molar-refractivity contribution in [3.8, 4) is 0 Å². The Labute approximate surface area is 341 Å². The number of aliphatic carboxylic acids is 1. The van der Waals surface area contributed by atoms with Crippen molar-refractivity contribution in [1.29, 1.82) is 0 Å². The Morgan fingerprint density at radius 1 is 0.672 bits per heavy atom. The first kappa shape index (κ1) is 48.6. The standard InChI is InChI=1S/C39H56N8O10S/c1-23(2)18-28(37(55)44-27(34(41)52)15-17-58-3)43-32(49)14-16-42-36(54)29(19-24-10-6-4-7-11-24)45-38(56)30(20-25-12-8-5-9-13-25)46-39(57)31(22-48)47-35(53)26(40)21-33(50)51/h4-13,23,26-31,48H,14-22,40H2,1-3H3,(H2,41,52)(H,42,54)(H,43,49)(H,44,55)(H,45,56)(H,46,57)(H,47,53)(H,50,51). The van der Waals surface area contributed by atoms with E-state index in [9.17, 15) is 43.5 Å². The number of carboxylic acid groups (broad SMARTS) is 1. The van der Waals surface area contributed by atoms with Gasteiger partial charge in [0.1, 0.15) is 30.2 Å². The molecule has 0 bridgehead atoms. The molecule has 7 amide bonds. The molecule has 0 heterocycles. The maximum atomic E-state index is 13.9. The highest BCUT2D eigenvalue weighted by molar-refractivity contribution is 7.98. The Morgan fingerprint density at radius 3 is 1.64 bits per heavy atom. The molecule has 6 atom stereocenters. The van der Waals surface area contributed by atoms with Crippen molar-refractivity contribution in [1.82, 2.24) is 31.9 Å². The molecule has 0 aliphatic heterocycles. The number of amides is 7. The van der Waals surface area contributed by atoms with Crippen molar-refractivity contribution in [2.75, 3.05) is 25.2 Å². The first-order chi connectivity index (χ1) is 27.5. The van der Waals surface area contributed by atoms with Crippen LogP contribution in [0.5, 0.6) is 0 Å². The van der Waals surface area contributed by atoms with Crippen molar-refractivity contribution in [2.45, 2.75) is 88.6 Å². The lowest BCUT2D eigenvalue weighted by molar-refractivity contribution is -0.140. The highest BCUT2D eigenvalue weighted by Crippen LogP contribution is 2.10. The third-order valence-electron chi connectivity index (χ3n) is 8.66. The zero-order chi connectivity index (χ0) is 43.2. The number of hydrogen-bond donors (Lipinski definition) is 10. The zero-order valence-electron chi connectivity index (χ0n) is 32.9. The number of hydrogen-bond acceptors (Lipinski definition) is 11. The normalized spacial score (nSPS) is 14.0. The van der Waals surface area contributed by atoms with E-state index < -0.39 is 96.6 Å². The number of primary amides is 1. The van der Waals surface area contributed by atoms with Gasteiger partial charge in [0.15, 0.2) is 0 Å². The average Bonchev–Trinajstić information content (AvgIpc) is 3.17. The first-order valence-electron chi connectivity index (χ1n) is 18.8. The quantitative estimate of drug-likeness (QED) is 0.0518. The van der Waals surface area contributed by atoms with Gasteiger partial charge in [0.2, 0.25) is 41.4 Å². The minimum atomic E-state index is -1.59. The number of thioether (sulfide) groups is 1. The van der Waals surface area contributed by atoms with E-state index in [4.69, 9.17) is 16.6 Å². The summed E-state index contributed by atoms with van der Waals surface area (Å²) < 4.78 is 0. The maximum absolute atomic E-state index is 13.9. The fraction of sp³-hybridized carbons (Fsp3) is 0.487. The average molecular weight is 829 g/mol. The molecule has 58 heavy (non-hydrogen) atoms. The molecule has 19 heteroatoms. The number of aliphatic hydroxyl groups is 1. The molecule has 0 saturated heterocycles. The van der Waals surface area contributed by atoms with E-state index in [0.717, 1.165) is 0 Å². The van der Waals surface area contributed by atoms with Gasteiger partial charge < -0.3 is 53.6 Å². The summed E-state index contributed by atoms with van der Waals surface area (Å²) in [6.07, 6.45) is 1.44. The van der Waals surface area contributed by atoms with E-state index in [1.54, 1.807) is 60.7 Å². The van der Waals surface area contributed by atoms with Gasteiger partial charge in [0.25, 0.3) is 0 Å². The van der Waals surface area contributed by atoms with Crippen LogP contribution in [-0.4, -0.2) is 119 Å². The smallest absolute Gasteiger partial charge is 0.305 e. The van der Waals surface area contributed by atoms with E-state index in [1.807, 2.05) is 20.1 Å². The zero-order valence-corrected chi connectivity index (χ0v) is 33.7. The van der Waals surface area contributed by atoms with Gasteiger partial charge in [0, 0.05) is 25.8 Å². The van der Waals surface area contributed by atoms with E-state index in [0.29, 0.717) is 23.3 Å². The Kier molecular flexibility index (Phi) is 21.5. The largest absolute Gasteiger partial charge is 0.481 e. The van der Waals surface area contributed by atoms with Crippen LogP contribution in [0.15, 0.2) is 60.7 Å². The van der Waals surface area contributed by atoms with Crippen molar-refractivity contribution >= 4 is 59.1 Å². The van der Waals surface area contributed by atoms with Gasteiger partial charge in [-0.3, -0.25) is 38.4 Å². The molecule has 0 saturated carbocycles. The third kappa shape index (κ3) is 18.2. The van der Waals surface area contributed by atoms with Gasteiger partial charge >= 0.3 is 5.97 Å². The Hall–Kier alpha value is -5.53. The lowest BCUT2D eigenvalue weighted by Gasteiger charge is -2.25. The molecule has 0 aromatic heterocycles. The van der Waals surface area contributed by atoms with Gasteiger partial charge in [0.05, 0.1) is 19.1 Å². The second-order valence-corrected chi connectivity index (χ2v) is 15.0. The lowest BCUT2D eigenvalue weighted by atomic mass is 10.0.